The van der Waals surface area contributed by atoms with E-state index in [1.165, 1.54) is 32.8 Å². The summed E-state index contributed by atoms with van der Waals surface area (Å²) in [4.78, 5) is 13.9. The second kappa shape index (κ2) is 6.05. The highest BCUT2D eigenvalue weighted by Gasteiger charge is 2.17. The van der Waals surface area contributed by atoms with Crippen molar-refractivity contribution in [2.75, 3.05) is 20.2 Å². The van der Waals surface area contributed by atoms with Gasteiger partial charge in [-0.15, -0.1) is 0 Å². The first-order valence-corrected chi connectivity index (χ1v) is 6.60. The van der Waals surface area contributed by atoms with Gasteiger partial charge in [0.25, 0.3) is 0 Å². The van der Waals surface area contributed by atoms with Crippen LogP contribution in [-0.4, -0.2) is 31.1 Å². The van der Waals surface area contributed by atoms with E-state index in [2.05, 4.69) is 4.90 Å². The van der Waals surface area contributed by atoms with E-state index in [-0.39, 0.29) is 5.97 Å². The molecule has 0 N–H and O–H groups in total. The Kier molecular flexibility index (Phi) is 4.42. The SMILES string of the molecule is COC(=O)c1cc(CN2CCCCCC2)oc1C. The average Bonchev–Trinajstić information content (AvgIpc) is 2.57. The average molecular weight is 251 g/mol. The Morgan fingerprint density at radius 3 is 2.61 bits per heavy atom. The normalized spacial score (nSPS) is 17.4. The van der Waals surface area contributed by atoms with E-state index >= 15 is 0 Å². The van der Waals surface area contributed by atoms with Crippen LogP contribution < -0.4 is 0 Å². The molecule has 1 aliphatic heterocycles. The quantitative estimate of drug-likeness (QED) is 0.775. The maximum absolute atomic E-state index is 11.5. The molecule has 0 unspecified atom stereocenters. The Labute approximate surface area is 108 Å². The molecule has 1 saturated heterocycles. The van der Waals surface area contributed by atoms with Crippen LogP contribution >= 0.6 is 0 Å². The second-order valence-corrected chi connectivity index (χ2v) is 4.86. The third-order valence-corrected chi connectivity index (χ3v) is 3.45. The molecule has 1 fully saturated rings. The fourth-order valence-electron chi connectivity index (χ4n) is 2.45. The smallest absolute Gasteiger partial charge is 0.341 e. The van der Waals surface area contributed by atoms with E-state index in [1.807, 2.05) is 6.07 Å². The first-order chi connectivity index (χ1) is 8.70. The lowest BCUT2D eigenvalue weighted by atomic mass is 10.2. The van der Waals surface area contributed by atoms with Crippen LogP contribution in [0.3, 0.4) is 0 Å². The number of esters is 1. The number of ether oxygens (including phenoxy) is 1. The molecule has 0 bridgehead atoms. The third-order valence-electron chi connectivity index (χ3n) is 3.45. The van der Waals surface area contributed by atoms with Gasteiger partial charge < -0.3 is 9.15 Å². The van der Waals surface area contributed by atoms with Crippen molar-refractivity contribution in [1.29, 1.82) is 0 Å². The van der Waals surface area contributed by atoms with Crippen LogP contribution in [0.1, 0.15) is 47.6 Å². The molecule has 0 atom stereocenters. The summed E-state index contributed by atoms with van der Waals surface area (Å²) in [5.41, 5.74) is 0.544. The number of furan rings is 1. The molecule has 100 valence electrons. The van der Waals surface area contributed by atoms with Gasteiger partial charge in [-0.2, -0.15) is 0 Å². The van der Waals surface area contributed by atoms with Gasteiger partial charge in [-0.25, -0.2) is 4.79 Å². The van der Waals surface area contributed by atoms with E-state index in [1.54, 1.807) is 6.92 Å². The fourth-order valence-corrected chi connectivity index (χ4v) is 2.45. The van der Waals surface area contributed by atoms with Crippen LogP contribution in [-0.2, 0) is 11.3 Å². The van der Waals surface area contributed by atoms with Gasteiger partial charge in [0.2, 0.25) is 0 Å². The Hall–Kier alpha value is -1.29. The van der Waals surface area contributed by atoms with Crippen LogP contribution in [0.15, 0.2) is 10.5 Å². The molecule has 4 heteroatoms. The molecule has 0 spiro atoms. The number of likely N-dealkylation sites (tertiary alicyclic amines) is 1. The van der Waals surface area contributed by atoms with Crippen molar-refractivity contribution < 1.29 is 13.9 Å². The standard InChI is InChI=1S/C14H21NO3/c1-11-13(14(16)17-2)9-12(18-11)10-15-7-5-3-4-6-8-15/h9H,3-8,10H2,1-2H3. The van der Waals surface area contributed by atoms with E-state index in [0.29, 0.717) is 11.3 Å². The van der Waals surface area contributed by atoms with E-state index in [0.717, 1.165) is 25.4 Å². The molecule has 4 nitrogen and oxygen atoms in total. The lowest BCUT2D eigenvalue weighted by molar-refractivity contribution is 0.0599. The number of hydrogen-bond acceptors (Lipinski definition) is 4. The molecule has 1 aromatic rings. The minimum absolute atomic E-state index is 0.321. The molecule has 1 aromatic heterocycles. The third kappa shape index (κ3) is 3.13. The topological polar surface area (TPSA) is 42.7 Å². The zero-order valence-corrected chi connectivity index (χ0v) is 11.2. The summed E-state index contributed by atoms with van der Waals surface area (Å²) in [7, 11) is 1.39. The molecule has 2 rings (SSSR count). The highest BCUT2D eigenvalue weighted by atomic mass is 16.5. The lowest BCUT2D eigenvalue weighted by Gasteiger charge is -2.17. The van der Waals surface area contributed by atoms with Gasteiger partial charge in [0, 0.05) is 0 Å². The number of carbonyl (C=O) groups excluding carboxylic acids is 1. The molecule has 0 aromatic carbocycles. The van der Waals surface area contributed by atoms with Gasteiger partial charge in [-0.1, -0.05) is 12.8 Å². The summed E-state index contributed by atoms with van der Waals surface area (Å²) >= 11 is 0. The molecule has 1 aliphatic rings. The molecule has 2 heterocycles. The monoisotopic (exact) mass is 251 g/mol. The molecule has 0 amide bonds. The number of rotatable bonds is 3. The number of aryl methyl sites for hydroxylation is 1. The molecule has 0 saturated carbocycles. The van der Waals surface area contributed by atoms with Gasteiger partial charge in [0.15, 0.2) is 0 Å². The molecule has 0 radical (unpaired) electrons. The minimum atomic E-state index is -0.321. The molecular formula is C14H21NO3. The van der Waals surface area contributed by atoms with Crippen molar-refractivity contribution in [3.63, 3.8) is 0 Å². The predicted molar refractivity (Wildman–Crippen MR) is 68.5 cm³/mol. The van der Waals surface area contributed by atoms with Gasteiger partial charge >= 0.3 is 5.97 Å². The summed E-state index contributed by atoms with van der Waals surface area (Å²) in [5.74, 6) is 1.18. The summed E-state index contributed by atoms with van der Waals surface area (Å²) in [6.07, 6.45) is 5.15. The number of hydrogen-bond donors (Lipinski definition) is 0. The highest BCUT2D eigenvalue weighted by molar-refractivity contribution is 5.90. The van der Waals surface area contributed by atoms with Gasteiger partial charge in [0.1, 0.15) is 17.1 Å². The van der Waals surface area contributed by atoms with Crippen molar-refractivity contribution in [1.82, 2.24) is 4.90 Å². The fraction of sp³-hybridized carbons (Fsp3) is 0.643. The van der Waals surface area contributed by atoms with Crippen molar-refractivity contribution in [2.24, 2.45) is 0 Å². The molecule has 0 aliphatic carbocycles. The Bertz CT molecular complexity index is 403. The summed E-state index contributed by atoms with van der Waals surface area (Å²) in [5, 5.41) is 0. The highest BCUT2D eigenvalue weighted by Crippen LogP contribution is 2.19. The Balaban J connectivity index is 2.02. The van der Waals surface area contributed by atoms with Crippen LogP contribution in [0.4, 0.5) is 0 Å². The predicted octanol–water partition coefficient (Wildman–Crippen LogP) is 2.75. The van der Waals surface area contributed by atoms with Gasteiger partial charge in [-0.05, 0) is 38.9 Å². The van der Waals surface area contributed by atoms with Gasteiger partial charge in [0.05, 0.1) is 13.7 Å². The number of nitrogens with zero attached hydrogens (tertiary/aromatic N) is 1. The zero-order valence-electron chi connectivity index (χ0n) is 11.2. The van der Waals surface area contributed by atoms with Crippen molar-refractivity contribution in [3.05, 3.63) is 23.2 Å². The minimum Gasteiger partial charge on any atom is -0.465 e. The first kappa shape index (κ1) is 13.1. The van der Waals surface area contributed by atoms with Crippen LogP contribution in [0.2, 0.25) is 0 Å². The summed E-state index contributed by atoms with van der Waals surface area (Å²) in [6, 6.07) is 1.81. The van der Waals surface area contributed by atoms with Crippen LogP contribution in [0.25, 0.3) is 0 Å². The Morgan fingerprint density at radius 1 is 1.33 bits per heavy atom. The van der Waals surface area contributed by atoms with Crippen molar-refractivity contribution in [3.8, 4) is 0 Å². The largest absolute Gasteiger partial charge is 0.465 e. The van der Waals surface area contributed by atoms with Crippen molar-refractivity contribution in [2.45, 2.75) is 39.2 Å². The maximum Gasteiger partial charge on any atom is 0.341 e. The van der Waals surface area contributed by atoms with E-state index in [9.17, 15) is 4.79 Å². The van der Waals surface area contributed by atoms with Gasteiger partial charge in [-0.3, -0.25) is 4.90 Å². The molecular weight excluding hydrogens is 230 g/mol. The van der Waals surface area contributed by atoms with E-state index in [4.69, 9.17) is 9.15 Å². The van der Waals surface area contributed by atoms with Crippen LogP contribution in [0, 0.1) is 6.92 Å². The van der Waals surface area contributed by atoms with Crippen LogP contribution in [0.5, 0.6) is 0 Å². The first-order valence-electron chi connectivity index (χ1n) is 6.60. The maximum atomic E-state index is 11.5. The number of methoxy groups -OCH3 is 1. The molecule has 18 heavy (non-hydrogen) atoms. The van der Waals surface area contributed by atoms with Crippen molar-refractivity contribution >= 4 is 5.97 Å². The lowest BCUT2D eigenvalue weighted by Crippen LogP contribution is -2.23. The number of carbonyl (C=O) groups is 1. The van der Waals surface area contributed by atoms with E-state index < -0.39 is 0 Å². The Morgan fingerprint density at radius 2 is 2.00 bits per heavy atom. The second-order valence-electron chi connectivity index (χ2n) is 4.86. The summed E-state index contributed by atoms with van der Waals surface area (Å²) < 4.78 is 10.4. The zero-order chi connectivity index (χ0) is 13.0. The summed E-state index contributed by atoms with van der Waals surface area (Å²) in [6.45, 7) is 4.83.